The van der Waals surface area contributed by atoms with Crippen LogP contribution in [0.15, 0.2) is 29.2 Å². The molecule has 4 nitrogen and oxygen atoms in total. The number of nitrogens with one attached hydrogen (secondary N) is 1. The van der Waals surface area contributed by atoms with Crippen molar-refractivity contribution in [3.63, 3.8) is 0 Å². The lowest BCUT2D eigenvalue weighted by Crippen LogP contribution is -2.54. The molecule has 3 fully saturated rings. The first-order chi connectivity index (χ1) is 16.1. The molecule has 180 valence electrons. The highest BCUT2D eigenvalue weighted by Crippen LogP contribution is 2.42. The lowest BCUT2D eigenvalue weighted by molar-refractivity contribution is -0.135. The Morgan fingerprint density at radius 2 is 1.82 bits per heavy atom. The Labute approximate surface area is 211 Å². The molecule has 33 heavy (non-hydrogen) atoms. The van der Waals surface area contributed by atoms with E-state index in [1.165, 1.54) is 38.5 Å². The van der Waals surface area contributed by atoms with E-state index in [4.69, 9.17) is 11.6 Å². The Hall–Kier alpha value is -1.11. The Kier molecular flexibility index (Phi) is 9.51. The fourth-order valence-electron chi connectivity index (χ4n) is 5.06. The zero-order chi connectivity index (χ0) is 23.0. The monoisotopic (exact) mass is 506 g/mol. The van der Waals surface area contributed by atoms with Crippen LogP contribution in [0.2, 0.25) is 5.02 Å². The topological polar surface area (TPSA) is 49.4 Å². The molecule has 2 unspecified atom stereocenters. The summed E-state index contributed by atoms with van der Waals surface area (Å²) >= 11 is 9.77. The van der Waals surface area contributed by atoms with Crippen LogP contribution in [-0.4, -0.2) is 52.1 Å². The van der Waals surface area contributed by atoms with Crippen molar-refractivity contribution in [3.05, 3.63) is 39.8 Å². The van der Waals surface area contributed by atoms with Crippen molar-refractivity contribution >= 4 is 53.0 Å². The van der Waals surface area contributed by atoms with Crippen LogP contribution in [0.5, 0.6) is 0 Å². The number of rotatable bonds is 8. The predicted molar refractivity (Wildman–Crippen MR) is 142 cm³/mol. The minimum absolute atomic E-state index is 0.0129. The van der Waals surface area contributed by atoms with Crippen LogP contribution in [0.3, 0.4) is 0 Å². The van der Waals surface area contributed by atoms with Gasteiger partial charge in [0.1, 0.15) is 6.54 Å². The van der Waals surface area contributed by atoms with Crippen molar-refractivity contribution < 1.29 is 9.59 Å². The largest absolute Gasteiger partial charge is 0.355 e. The molecular weight excluding hydrogens is 472 g/mol. The summed E-state index contributed by atoms with van der Waals surface area (Å²) in [5, 5.41) is 4.93. The van der Waals surface area contributed by atoms with E-state index in [-0.39, 0.29) is 24.4 Å². The number of carbonyl (C=O) groups is 2. The van der Waals surface area contributed by atoms with E-state index in [2.05, 4.69) is 17.1 Å². The van der Waals surface area contributed by atoms with Crippen molar-refractivity contribution in [1.82, 2.24) is 10.2 Å². The lowest BCUT2D eigenvalue weighted by atomic mass is 9.93. The molecule has 7 heteroatoms. The Morgan fingerprint density at radius 1 is 1.09 bits per heavy atom. The molecule has 1 aliphatic heterocycles. The summed E-state index contributed by atoms with van der Waals surface area (Å²) < 4.78 is 0. The fraction of sp³-hybridized carbons (Fsp3) is 0.615. The van der Waals surface area contributed by atoms with Gasteiger partial charge in [-0.25, -0.2) is 0 Å². The Morgan fingerprint density at radius 3 is 2.61 bits per heavy atom. The highest BCUT2D eigenvalue weighted by molar-refractivity contribution is 8.04. The van der Waals surface area contributed by atoms with E-state index >= 15 is 0 Å². The SMILES string of the molecule is O=C(CN1C(=O)/C(=C/c2ccc(Cl)cc2)SC2CCCCC21)NCCCSC1CCCCC1. The molecule has 1 saturated heterocycles. The van der Waals surface area contributed by atoms with E-state index in [1.807, 2.05) is 35.2 Å². The van der Waals surface area contributed by atoms with Gasteiger partial charge >= 0.3 is 0 Å². The van der Waals surface area contributed by atoms with Gasteiger partial charge in [0, 0.05) is 28.1 Å². The van der Waals surface area contributed by atoms with Gasteiger partial charge in [0.15, 0.2) is 0 Å². The maximum absolute atomic E-state index is 13.4. The molecule has 0 bridgehead atoms. The number of hydrogen-bond acceptors (Lipinski definition) is 4. The number of benzene rings is 1. The van der Waals surface area contributed by atoms with Crippen molar-refractivity contribution in [1.29, 1.82) is 0 Å². The van der Waals surface area contributed by atoms with Crippen LogP contribution < -0.4 is 5.32 Å². The highest BCUT2D eigenvalue weighted by Gasteiger charge is 2.41. The van der Waals surface area contributed by atoms with E-state index in [1.54, 1.807) is 11.8 Å². The first-order valence-electron chi connectivity index (χ1n) is 12.4. The first-order valence-corrected chi connectivity index (χ1v) is 14.7. The number of nitrogens with zero attached hydrogens (tertiary/aromatic N) is 1. The van der Waals surface area contributed by atoms with Crippen molar-refractivity contribution in [2.45, 2.75) is 80.7 Å². The molecule has 2 saturated carbocycles. The normalized spacial score (nSPS) is 25.2. The van der Waals surface area contributed by atoms with Gasteiger partial charge in [-0.15, -0.1) is 11.8 Å². The summed E-state index contributed by atoms with van der Waals surface area (Å²) in [6.07, 6.45) is 14.2. The maximum atomic E-state index is 13.4. The predicted octanol–water partition coefficient (Wildman–Crippen LogP) is 6.14. The smallest absolute Gasteiger partial charge is 0.261 e. The molecule has 0 spiro atoms. The minimum atomic E-state index is -0.0342. The van der Waals surface area contributed by atoms with Gasteiger partial charge < -0.3 is 10.2 Å². The number of fused-ring (bicyclic) bond motifs is 1. The zero-order valence-electron chi connectivity index (χ0n) is 19.3. The third kappa shape index (κ3) is 7.19. The summed E-state index contributed by atoms with van der Waals surface area (Å²) in [4.78, 5) is 28.7. The minimum Gasteiger partial charge on any atom is -0.355 e. The zero-order valence-corrected chi connectivity index (χ0v) is 21.7. The fourth-order valence-corrected chi connectivity index (χ4v) is 7.97. The van der Waals surface area contributed by atoms with Crippen molar-refractivity contribution in [3.8, 4) is 0 Å². The van der Waals surface area contributed by atoms with Crippen molar-refractivity contribution in [2.75, 3.05) is 18.8 Å². The van der Waals surface area contributed by atoms with Crippen LogP contribution in [0.1, 0.15) is 69.8 Å². The van der Waals surface area contributed by atoms with Gasteiger partial charge in [-0.2, -0.15) is 11.8 Å². The van der Waals surface area contributed by atoms with Gasteiger partial charge in [-0.05, 0) is 61.6 Å². The summed E-state index contributed by atoms with van der Waals surface area (Å²) in [6, 6.07) is 7.70. The lowest BCUT2D eigenvalue weighted by Gasteiger charge is -2.43. The summed E-state index contributed by atoms with van der Waals surface area (Å²) in [5.41, 5.74) is 0.962. The van der Waals surface area contributed by atoms with Gasteiger partial charge in [0.05, 0.1) is 4.91 Å². The van der Waals surface area contributed by atoms with E-state index in [0.29, 0.717) is 16.8 Å². The summed E-state index contributed by atoms with van der Waals surface area (Å²) in [6.45, 7) is 0.852. The van der Waals surface area contributed by atoms with Crippen LogP contribution in [0.25, 0.3) is 6.08 Å². The average Bonchev–Trinajstić information content (AvgIpc) is 2.83. The molecule has 2 aliphatic carbocycles. The quantitative estimate of drug-likeness (QED) is 0.340. The third-order valence-corrected chi connectivity index (χ3v) is 9.97. The van der Waals surface area contributed by atoms with Crippen LogP contribution in [0, 0.1) is 0 Å². The standard InChI is InChI=1S/C26H35ClN2O2S2/c27-20-13-11-19(12-14-20)17-24-26(31)29(22-9-4-5-10-23(22)33-24)18-25(30)28-15-6-16-32-21-7-2-1-3-8-21/h11-14,17,21-23H,1-10,15-16,18H2,(H,28,30)/b24-17-. The molecule has 2 amide bonds. The van der Waals surface area contributed by atoms with E-state index < -0.39 is 0 Å². The second-order valence-corrected chi connectivity index (χ2v) is 12.5. The molecule has 1 aromatic carbocycles. The van der Waals surface area contributed by atoms with Crippen LogP contribution in [0.4, 0.5) is 0 Å². The van der Waals surface area contributed by atoms with Crippen LogP contribution >= 0.6 is 35.1 Å². The molecule has 1 aromatic rings. The average molecular weight is 507 g/mol. The number of hydrogen-bond donors (Lipinski definition) is 1. The van der Waals surface area contributed by atoms with E-state index in [9.17, 15) is 9.59 Å². The Bertz CT molecular complexity index is 839. The summed E-state index contributed by atoms with van der Waals surface area (Å²) in [5.74, 6) is 1.05. The first kappa shape index (κ1) is 25.0. The molecule has 0 radical (unpaired) electrons. The Balaban J connectivity index is 1.31. The summed E-state index contributed by atoms with van der Waals surface area (Å²) in [7, 11) is 0. The number of amides is 2. The molecule has 1 heterocycles. The van der Waals surface area contributed by atoms with Gasteiger partial charge in [-0.3, -0.25) is 9.59 Å². The number of halogens is 1. The molecule has 3 aliphatic rings. The highest BCUT2D eigenvalue weighted by atomic mass is 35.5. The third-order valence-electron chi connectivity index (χ3n) is 6.85. The molecule has 1 N–H and O–H groups in total. The van der Waals surface area contributed by atoms with Gasteiger partial charge in [-0.1, -0.05) is 55.8 Å². The van der Waals surface area contributed by atoms with Gasteiger partial charge in [0.25, 0.3) is 5.91 Å². The number of thioether (sulfide) groups is 2. The van der Waals surface area contributed by atoms with E-state index in [0.717, 1.165) is 47.2 Å². The number of carbonyl (C=O) groups excluding carboxylic acids is 2. The van der Waals surface area contributed by atoms with Crippen LogP contribution in [-0.2, 0) is 9.59 Å². The molecular formula is C26H35ClN2O2S2. The molecule has 4 rings (SSSR count). The maximum Gasteiger partial charge on any atom is 0.261 e. The second-order valence-electron chi connectivity index (χ2n) is 9.34. The van der Waals surface area contributed by atoms with Gasteiger partial charge in [0.2, 0.25) is 5.91 Å². The molecule has 0 aromatic heterocycles. The van der Waals surface area contributed by atoms with Crippen molar-refractivity contribution in [2.24, 2.45) is 0 Å². The molecule has 2 atom stereocenters. The second kappa shape index (κ2) is 12.6.